The van der Waals surface area contributed by atoms with Gasteiger partial charge in [0.1, 0.15) is 11.6 Å². The van der Waals surface area contributed by atoms with E-state index in [-0.39, 0.29) is 42.0 Å². The number of benzene rings is 2. The van der Waals surface area contributed by atoms with Crippen LogP contribution in [0.4, 0.5) is 8.78 Å². The number of carbonyl (C=O) groups excluding carboxylic acids is 2. The van der Waals surface area contributed by atoms with Gasteiger partial charge in [0.05, 0.1) is 6.04 Å². The zero-order valence-electron chi connectivity index (χ0n) is 17.7. The largest absolute Gasteiger partial charge is 0.356 e. The minimum atomic E-state index is -0.350. The lowest BCUT2D eigenvalue weighted by molar-refractivity contribution is -0.128. The molecule has 2 N–H and O–H groups in total. The van der Waals surface area contributed by atoms with Crippen molar-refractivity contribution in [2.45, 2.75) is 38.8 Å². The van der Waals surface area contributed by atoms with Crippen molar-refractivity contribution in [2.24, 2.45) is 5.92 Å². The van der Waals surface area contributed by atoms with Crippen LogP contribution >= 0.6 is 0 Å². The molecule has 3 rings (SSSR count). The van der Waals surface area contributed by atoms with Crippen molar-refractivity contribution >= 4 is 11.8 Å². The van der Waals surface area contributed by atoms with Gasteiger partial charge >= 0.3 is 0 Å². The summed E-state index contributed by atoms with van der Waals surface area (Å²) in [6.45, 7) is 3.65. The van der Waals surface area contributed by atoms with E-state index in [1.54, 1.807) is 36.4 Å². The normalized spacial score (nSPS) is 16.0. The number of nitrogens with zero attached hydrogens (tertiary/aromatic N) is 1. The Kier molecular flexibility index (Phi) is 8.12. The van der Waals surface area contributed by atoms with E-state index in [9.17, 15) is 18.4 Å². The van der Waals surface area contributed by atoms with Gasteiger partial charge in [-0.1, -0.05) is 36.4 Å². The average Bonchev–Trinajstić information content (AvgIpc) is 2.79. The first-order valence-corrected chi connectivity index (χ1v) is 10.7. The monoisotopic (exact) mass is 429 g/mol. The standard InChI is InChI=1S/C24H29F2N3O2/c1-17(23(30)28-16-20-7-3-5-9-22(20)26)29-14-11-19(12-15-29)24(31)27-13-10-18-6-2-4-8-21(18)25/h2-9,17,19H,10-16H2,1H3,(H,27,31)(H,28,30). The quantitative estimate of drug-likeness (QED) is 0.678. The zero-order valence-corrected chi connectivity index (χ0v) is 17.7. The highest BCUT2D eigenvalue weighted by molar-refractivity contribution is 5.81. The van der Waals surface area contributed by atoms with Gasteiger partial charge in [0.15, 0.2) is 0 Å². The molecule has 1 heterocycles. The van der Waals surface area contributed by atoms with Crippen LogP contribution in [0, 0.1) is 17.6 Å². The van der Waals surface area contributed by atoms with Crippen molar-refractivity contribution in [3.05, 3.63) is 71.3 Å². The molecule has 0 saturated carbocycles. The van der Waals surface area contributed by atoms with Crippen molar-refractivity contribution in [2.75, 3.05) is 19.6 Å². The van der Waals surface area contributed by atoms with Crippen molar-refractivity contribution in [1.82, 2.24) is 15.5 Å². The van der Waals surface area contributed by atoms with Gasteiger partial charge < -0.3 is 10.6 Å². The predicted octanol–water partition coefficient (Wildman–Crippen LogP) is 3.04. The van der Waals surface area contributed by atoms with Gasteiger partial charge in [-0.3, -0.25) is 14.5 Å². The number of likely N-dealkylation sites (tertiary alicyclic amines) is 1. The third-order valence-corrected chi connectivity index (χ3v) is 5.89. The van der Waals surface area contributed by atoms with Crippen LogP contribution in [0.2, 0.25) is 0 Å². The molecule has 2 amide bonds. The number of halogens is 2. The fourth-order valence-corrected chi connectivity index (χ4v) is 3.85. The fraction of sp³-hybridized carbons (Fsp3) is 0.417. The predicted molar refractivity (Wildman–Crippen MR) is 115 cm³/mol. The highest BCUT2D eigenvalue weighted by Crippen LogP contribution is 2.19. The molecule has 0 spiro atoms. The molecule has 1 unspecified atom stereocenters. The maximum atomic E-state index is 13.7. The summed E-state index contributed by atoms with van der Waals surface area (Å²) in [4.78, 5) is 26.9. The number of rotatable bonds is 8. The van der Waals surface area contributed by atoms with E-state index in [2.05, 4.69) is 10.6 Å². The Bertz CT molecular complexity index is 898. The molecule has 1 fully saturated rings. The molecular weight excluding hydrogens is 400 g/mol. The van der Waals surface area contributed by atoms with Gasteiger partial charge in [0, 0.05) is 24.6 Å². The first-order valence-electron chi connectivity index (χ1n) is 10.7. The number of amides is 2. The Morgan fingerprint density at radius 1 is 0.968 bits per heavy atom. The molecule has 7 heteroatoms. The second-order valence-electron chi connectivity index (χ2n) is 7.93. The summed E-state index contributed by atoms with van der Waals surface area (Å²) >= 11 is 0. The topological polar surface area (TPSA) is 61.4 Å². The molecule has 1 atom stereocenters. The first-order chi connectivity index (χ1) is 15.0. The first kappa shape index (κ1) is 22.9. The van der Waals surface area contributed by atoms with Gasteiger partial charge in [-0.2, -0.15) is 0 Å². The molecule has 2 aromatic carbocycles. The summed E-state index contributed by atoms with van der Waals surface area (Å²) < 4.78 is 27.4. The minimum absolute atomic E-state index is 0.0207. The lowest BCUT2D eigenvalue weighted by Crippen LogP contribution is -2.49. The van der Waals surface area contributed by atoms with Crippen LogP contribution in [0.25, 0.3) is 0 Å². The maximum Gasteiger partial charge on any atom is 0.237 e. The molecule has 0 radical (unpaired) electrons. The highest BCUT2D eigenvalue weighted by Gasteiger charge is 2.29. The zero-order chi connectivity index (χ0) is 22.2. The maximum absolute atomic E-state index is 13.7. The number of nitrogens with one attached hydrogen (secondary N) is 2. The van der Waals surface area contributed by atoms with E-state index in [0.29, 0.717) is 50.0 Å². The average molecular weight is 430 g/mol. The molecular formula is C24H29F2N3O2. The summed E-state index contributed by atoms with van der Waals surface area (Å²) in [7, 11) is 0. The molecule has 0 bridgehead atoms. The third kappa shape index (κ3) is 6.34. The van der Waals surface area contributed by atoms with E-state index < -0.39 is 0 Å². The van der Waals surface area contributed by atoms with Crippen LogP contribution in [0.15, 0.2) is 48.5 Å². The second kappa shape index (κ2) is 11.0. The number of carbonyl (C=O) groups is 2. The van der Waals surface area contributed by atoms with Gasteiger partial charge in [0.25, 0.3) is 0 Å². The van der Waals surface area contributed by atoms with Crippen LogP contribution < -0.4 is 10.6 Å². The van der Waals surface area contributed by atoms with Crippen LogP contribution in [-0.4, -0.2) is 42.4 Å². The summed E-state index contributed by atoms with van der Waals surface area (Å²) in [5, 5.41) is 5.69. The fourth-order valence-electron chi connectivity index (χ4n) is 3.85. The molecule has 1 saturated heterocycles. The number of hydrogen-bond acceptors (Lipinski definition) is 3. The molecule has 2 aromatic rings. The summed E-state index contributed by atoms with van der Waals surface area (Å²) in [6, 6.07) is 12.6. The number of piperidine rings is 1. The Labute approximate surface area is 181 Å². The van der Waals surface area contributed by atoms with Crippen LogP contribution in [0.3, 0.4) is 0 Å². The summed E-state index contributed by atoms with van der Waals surface area (Å²) in [5.41, 5.74) is 1.04. The molecule has 166 valence electrons. The molecule has 0 aromatic heterocycles. The van der Waals surface area contributed by atoms with Crippen molar-refractivity contribution in [1.29, 1.82) is 0 Å². The van der Waals surface area contributed by atoms with Gasteiger partial charge in [0.2, 0.25) is 11.8 Å². The van der Waals surface area contributed by atoms with E-state index >= 15 is 0 Å². The van der Waals surface area contributed by atoms with E-state index in [4.69, 9.17) is 0 Å². The molecule has 0 aliphatic carbocycles. The van der Waals surface area contributed by atoms with E-state index in [0.717, 1.165) is 0 Å². The van der Waals surface area contributed by atoms with Crippen LogP contribution in [-0.2, 0) is 22.6 Å². The van der Waals surface area contributed by atoms with Crippen LogP contribution in [0.1, 0.15) is 30.9 Å². The smallest absolute Gasteiger partial charge is 0.237 e. The molecule has 31 heavy (non-hydrogen) atoms. The van der Waals surface area contributed by atoms with Crippen molar-refractivity contribution < 1.29 is 18.4 Å². The molecule has 5 nitrogen and oxygen atoms in total. The van der Waals surface area contributed by atoms with Gasteiger partial charge in [-0.05, 0) is 57.0 Å². The van der Waals surface area contributed by atoms with Crippen LogP contribution in [0.5, 0.6) is 0 Å². The Morgan fingerprint density at radius 3 is 2.16 bits per heavy atom. The summed E-state index contributed by atoms with van der Waals surface area (Å²) in [5.74, 6) is -0.876. The SMILES string of the molecule is CC(C(=O)NCc1ccccc1F)N1CCC(C(=O)NCCc2ccccc2F)CC1. The number of hydrogen-bond donors (Lipinski definition) is 2. The highest BCUT2D eigenvalue weighted by atomic mass is 19.1. The van der Waals surface area contributed by atoms with E-state index in [1.165, 1.54) is 12.1 Å². The minimum Gasteiger partial charge on any atom is -0.356 e. The molecule has 1 aliphatic heterocycles. The Morgan fingerprint density at radius 2 is 1.55 bits per heavy atom. The van der Waals surface area contributed by atoms with Crippen molar-refractivity contribution in [3.8, 4) is 0 Å². The van der Waals surface area contributed by atoms with Gasteiger partial charge in [-0.25, -0.2) is 8.78 Å². The molecule has 1 aliphatic rings. The summed E-state index contributed by atoms with van der Waals surface area (Å²) in [6.07, 6.45) is 1.78. The Balaban J connectivity index is 1.39. The van der Waals surface area contributed by atoms with E-state index in [1.807, 2.05) is 11.8 Å². The second-order valence-corrected chi connectivity index (χ2v) is 7.93. The van der Waals surface area contributed by atoms with Crippen molar-refractivity contribution in [3.63, 3.8) is 0 Å². The third-order valence-electron chi connectivity index (χ3n) is 5.89. The lowest BCUT2D eigenvalue weighted by Gasteiger charge is -2.34. The van der Waals surface area contributed by atoms with Gasteiger partial charge in [-0.15, -0.1) is 0 Å². The lowest BCUT2D eigenvalue weighted by atomic mass is 9.94. The Hall–Kier alpha value is -2.80.